The highest BCUT2D eigenvalue weighted by atomic mass is 15.0. The van der Waals surface area contributed by atoms with Gasteiger partial charge in [0.1, 0.15) is 0 Å². The first-order valence-corrected chi connectivity index (χ1v) is 5.79. The van der Waals surface area contributed by atoms with Gasteiger partial charge in [-0.05, 0) is 38.9 Å². The van der Waals surface area contributed by atoms with Crippen molar-refractivity contribution in [1.82, 2.24) is 10.6 Å². The van der Waals surface area contributed by atoms with Gasteiger partial charge in [0.2, 0.25) is 0 Å². The average molecular weight is 186 g/mol. The van der Waals surface area contributed by atoms with Crippen molar-refractivity contribution in [1.29, 1.82) is 0 Å². The number of nitrogens with one attached hydrogen (secondary N) is 2. The molecule has 0 aromatic heterocycles. The van der Waals surface area contributed by atoms with E-state index in [1.165, 1.54) is 45.3 Å². The summed E-state index contributed by atoms with van der Waals surface area (Å²) >= 11 is 0. The van der Waals surface area contributed by atoms with Crippen LogP contribution in [0.4, 0.5) is 0 Å². The van der Waals surface area contributed by atoms with Crippen LogP contribution in [0, 0.1) is 0 Å². The minimum absolute atomic E-state index is 0.793. The second kappa shape index (κ2) is 10.0. The van der Waals surface area contributed by atoms with Crippen LogP contribution in [0.2, 0.25) is 0 Å². The van der Waals surface area contributed by atoms with Gasteiger partial charge in [0.05, 0.1) is 0 Å². The van der Waals surface area contributed by atoms with Crippen LogP contribution in [0.3, 0.4) is 0 Å². The van der Waals surface area contributed by atoms with Crippen LogP contribution < -0.4 is 10.6 Å². The molecule has 0 amide bonds. The summed E-state index contributed by atoms with van der Waals surface area (Å²) in [5.74, 6) is 0. The van der Waals surface area contributed by atoms with Gasteiger partial charge in [-0.25, -0.2) is 0 Å². The van der Waals surface area contributed by atoms with E-state index in [1.807, 2.05) is 0 Å². The van der Waals surface area contributed by atoms with Crippen LogP contribution in [0.1, 0.15) is 46.5 Å². The van der Waals surface area contributed by atoms with Gasteiger partial charge in [0.15, 0.2) is 0 Å². The Hall–Kier alpha value is -0.0800. The summed E-state index contributed by atoms with van der Waals surface area (Å²) < 4.78 is 0. The Morgan fingerprint density at radius 1 is 1.15 bits per heavy atom. The van der Waals surface area contributed by atoms with Gasteiger partial charge in [0, 0.05) is 6.04 Å². The Morgan fingerprint density at radius 3 is 2.15 bits per heavy atom. The molecule has 0 unspecified atom stereocenters. The van der Waals surface area contributed by atoms with Crippen LogP contribution >= 0.6 is 0 Å². The highest BCUT2D eigenvalue weighted by Gasteiger charge is 2.10. The third-order valence-electron chi connectivity index (χ3n) is 2.02. The second-order valence-electron chi connectivity index (χ2n) is 3.69. The third kappa shape index (κ3) is 8.26. The largest absolute Gasteiger partial charge is 0.317 e. The Kier molecular flexibility index (Phi) is 9.94. The molecule has 1 rings (SSSR count). The third-order valence-corrected chi connectivity index (χ3v) is 2.02. The molecule has 2 nitrogen and oxygen atoms in total. The molecule has 1 aliphatic rings. The fourth-order valence-corrected chi connectivity index (χ4v) is 1.37. The molecule has 2 heteroatoms. The van der Waals surface area contributed by atoms with Crippen molar-refractivity contribution in [3.05, 3.63) is 0 Å². The van der Waals surface area contributed by atoms with E-state index in [0.29, 0.717) is 0 Å². The molecule has 0 atom stereocenters. The Morgan fingerprint density at radius 2 is 1.69 bits per heavy atom. The maximum absolute atomic E-state index is 3.53. The van der Waals surface area contributed by atoms with E-state index < -0.39 is 0 Å². The summed E-state index contributed by atoms with van der Waals surface area (Å²) in [6.07, 6.45) is 5.12. The van der Waals surface area contributed by atoms with Gasteiger partial charge in [-0.3, -0.25) is 0 Å². The molecular weight excluding hydrogens is 160 g/mol. The summed E-state index contributed by atoms with van der Waals surface area (Å²) in [7, 11) is 0. The molecular formula is C11H26N2. The summed E-state index contributed by atoms with van der Waals surface area (Å²) in [4.78, 5) is 0. The first kappa shape index (κ1) is 12.9. The maximum atomic E-state index is 3.53. The fourth-order valence-electron chi connectivity index (χ4n) is 1.37. The zero-order chi connectivity index (χ0) is 9.94. The zero-order valence-electron chi connectivity index (χ0n) is 9.53. The lowest BCUT2D eigenvalue weighted by Crippen LogP contribution is -2.40. The predicted octanol–water partition coefficient (Wildman–Crippen LogP) is 2.15. The van der Waals surface area contributed by atoms with Crippen molar-refractivity contribution in [3.8, 4) is 0 Å². The molecule has 0 aromatic carbocycles. The molecule has 2 N–H and O–H groups in total. The Bertz CT molecular complexity index is 88.1. The van der Waals surface area contributed by atoms with E-state index in [2.05, 4.69) is 31.4 Å². The normalized spacial score (nSPS) is 17.8. The van der Waals surface area contributed by atoms with Gasteiger partial charge < -0.3 is 10.6 Å². The quantitative estimate of drug-likeness (QED) is 0.706. The summed E-state index contributed by atoms with van der Waals surface area (Å²) in [6, 6.07) is 0.793. The standard InChI is InChI=1S/C8H18N2.C3H8/c1-2-5-10-8-3-6-9-7-4-8;1-3-2/h8-10H,2-7H2,1H3;3H2,1-2H3. The van der Waals surface area contributed by atoms with Gasteiger partial charge in [-0.15, -0.1) is 0 Å². The molecule has 0 saturated carbocycles. The van der Waals surface area contributed by atoms with Gasteiger partial charge in [-0.1, -0.05) is 27.2 Å². The first-order chi connectivity index (χ1) is 6.35. The highest BCUT2D eigenvalue weighted by Crippen LogP contribution is 2.00. The van der Waals surface area contributed by atoms with Crippen molar-refractivity contribution in [2.45, 2.75) is 52.5 Å². The van der Waals surface area contributed by atoms with Crippen molar-refractivity contribution in [2.24, 2.45) is 0 Å². The first-order valence-electron chi connectivity index (χ1n) is 5.79. The molecule has 1 aliphatic heterocycles. The Labute approximate surface area is 83.5 Å². The lowest BCUT2D eigenvalue weighted by molar-refractivity contribution is 0.388. The van der Waals surface area contributed by atoms with E-state index in [-0.39, 0.29) is 0 Å². The highest BCUT2D eigenvalue weighted by molar-refractivity contribution is 4.73. The smallest absolute Gasteiger partial charge is 0.00912 e. The van der Waals surface area contributed by atoms with Crippen LogP contribution in [-0.4, -0.2) is 25.7 Å². The summed E-state index contributed by atoms with van der Waals surface area (Å²) in [6.45, 7) is 10.0. The van der Waals surface area contributed by atoms with Crippen LogP contribution in [-0.2, 0) is 0 Å². The zero-order valence-corrected chi connectivity index (χ0v) is 9.53. The van der Waals surface area contributed by atoms with Crippen molar-refractivity contribution in [3.63, 3.8) is 0 Å². The molecule has 0 aliphatic carbocycles. The SMILES string of the molecule is CCC.CCCNC1CCNCC1. The van der Waals surface area contributed by atoms with E-state index in [1.54, 1.807) is 0 Å². The van der Waals surface area contributed by atoms with Gasteiger partial charge in [-0.2, -0.15) is 0 Å². The fraction of sp³-hybridized carbons (Fsp3) is 1.00. The minimum atomic E-state index is 0.793. The van der Waals surface area contributed by atoms with Crippen molar-refractivity contribution < 1.29 is 0 Å². The summed E-state index contributed by atoms with van der Waals surface area (Å²) in [5, 5.41) is 6.88. The molecule has 0 spiro atoms. The number of hydrogen-bond acceptors (Lipinski definition) is 2. The lowest BCUT2D eigenvalue weighted by atomic mass is 10.1. The molecule has 1 saturated heterocycles. The minimum Gasteiger partial charge on any atom is -0.317 e. The van der Waals surface area contributed by atoms with Crippen molar-refractivity contribution in [2.75, 3.05) is 19.6 Å². The van der Waals surface area contributed by atoms with E-state index in [0.717, 1.165) is 6.04 Å². The van der Waals surface area contributed by atoms with Gasteiger partial charge >= 0.3 is 0 Å². The molecule has 13 heavy (non-hydrogen) atoms. The average Bonchev–Trinajstić information content (AvgIpc) is 2.18. The van der Waals surface area contributed by atoms with Crippen LogP contribution in [0.25, 0.3) is 0 Å². The predicted molar refractivity (Wildman–Crippen MR) is 60.2 cm³/mol. The molecule has 1 heterocycles. The molecule has 80 valence electrons. The molecule has 1 fully saturated rings. The van der Waals surface area contributed by atoms with E-state index in [9.17, 15) is 0 Å². The number of rotatable bonds is 3. The maximum Gasteiger partial charge on any atom is 0.00912 e. The topological polar surface area (TPSA) is 24.1 Å². The van der Waals surface area contributed by atoms with Crippen LogP contribution in [0.5, 0.6) is 0 Å². The van der Waals surface area contributed by atoms with E-state index >= 15 is 0 Å². The monoisotopic (exact) mass is 186 g/mol. The van der Waals surface area contributed by atoms with Crippen LogP contribution in [0.15, 0.2) is 0 Å². The number of hydrogen-bond donors (Lipinski definition) is 2. The van der Waals surface area contributed by atoms with Gasteiger partial charge in [0.25, 0.3) is 0 Å². The lowest BCUT2D eigenvalue weighted by Gasteiger charge is -2.23. The second-order valence-corrected chi connectivity index (χ2v) is 3.69. The molecule has 0 aromatic rings. The Balaban J connectivity index is 0.000000424. The van der Waals surface area contributed by atoms with Crippen molar-refractivity contribution >= 4 is 0 Å². The summed E-state index contributed by atoms with van der Waals surface area (Å²) in [5.41, 5.74) is 0. The number of piperidine rings is 1. The molecule has 0 radical (unpaired) electrons. The molecule has 0 bridgehead atoms. The van der Waals surface area contributed by atoms with E-state index in [4.69, 9.17) is 0 Å².